The number of methoxy groups -OCH3 is 2. The fourth-order valence-corrected chi connectivity index (χ4v) is 4.78. The SMILES string of the molecule is COc1cc(-c2nc(-c3cc(Cl)c(OCCN4CCC4)c(OC)c3)no2)cc(C2CCCC2)n1. The Morgan fingerprint density at radius 3 is 2.53 bits per heavy atom. The van der Waals surface area contributed by atoms with Crippen LogP contribution < -0.4 is 14.2 Å². The molecule has 3 heterocycles. The van der Waals surface area contributed by atoms with Gasteiger partial charge in [-0.2, -0.15) is 4.98 Å². The van der Waals surface area contributed by atoms with Gasteiger partial charge in [-0.3, -0.25) is 4.90 Å². The van der Waals surface area contributed by atoms with Crippen molar-refractivity contribution in [3.8, 4) is 40.2 Å². The van der Waals surface area contributed by atoms with Crippen LogP contribution in [0.5, 0.6) is 17.4 Å². The van der Waals surface area contributed by atoms with E-state index in [0.29, 0.717) is 52.2 Å². The number of pyridine rings is 1. The standard InChI is InChI=1S/C25H29ClN4O4/c1-31-21-14-17(12-19(26)23(21)33-11-10-30-8-5-9-30)24-28-25(34-29-24)18-13-20(16-6-3-4-7-16)27-22(15-18)32-2/h12-16H,3-11H2,1-2H3. The third kappa shape index (κ3) is 4.83. The predicted molar refractivity (Wildman–Crippen MR) is 129 cm³/mol. The topological polar surface area (TPSA) is 82.7 Å². The molecule has 0 amide bonds. The van der Waals surface area contributed by atoms with Crippen molar-refractivity contribution >= 4 is 11.6 Å². The highest BCUT2D eigenvalue weighted by Crippen LogP contribution is 2.40. The van der Waals surface area contributed by atoms with Gasteiger partial charge < -0.3 is 18.7 Å². The lowest BCUT2D eigenvalue weighted by Crippen LogP contribution is -2.39. The van der Waals surface area contributed by atoms with Crippen LogP contribution in [0.3, 0.4) is 0 Å². The molecule has 2 fully saturated rings. The van der Waals surface area contributed by atoms with E-state index in [1.165, 1.54) is 19.3 Å². The predicted octanol–water partition coefficient (Wildman–Crippen LogP) is 5.21. The lowest BCUT2D eigenvalue weighted by molar-refractivity contribution is 0.145. The molecule has 1 saturated heterocycles. The molecule has 8 nitrogen and oxygen atoms in total. The second-order valence-electron chi connectivity index (χ2n) is 8.76. The quantitative estimate of drug-likeness (QED) is 0.409. The Morgan fingerprint density at radius 2 is 1.82 bits per heavy atom. The minimum atomic E-state index is 0.403. The van der Waals surface area contributed by atoms with Gasteiger partial charge in [0.05, 0.1) is 19.2 Å². The molecule has 34 heavy (non-hydrogen) atoms. The van der Waals surface area contributed by atoms with Gasteiger partial charge in [0.15, 0.2) is 11.5 Å². The van der Waals surface area contributed by atoms with E-state index in [9.17, 15) is 0 Å². The molecule has 0 bridgehead atoms. The largest absolute Gasteiger partial charge is 0.493 e. The summed E-state index contributed by atoms with van der Waals surface area (Å²) in [6.45, 7) is 3.67. The van der Waals surface area contributed by atoms with E-state index in [-0.39, 0.29) is 0 Å². The first-order valence-electron chi connectivity index (χ1n) is 11.8. The molecule has 0 unspecified atom stereocenters. The number of halogens is 1. The van der Waals surface area contributed by atoms with Crippen LogP contribution in [0, 0.1) is 0 Å². The Kier molecular flexibility index (Phi) is 6.87. The van der Waals surface area contributed by atoms with Crippen molar-refractivity contribution < 1.29 is 18.7 Å². The van der Waals surface area contributed by atoms with Crippen LogP contribution in [-0.4, -0.2) is 60.5 Å². The average Bonchev–Trinajstić information content (AvgIpc) is 3.53. The minimum Gasteiger partial charge on any atom is -0.493 e. The van der Waals surface area contributed by atoms with Gasteiger partial charge in [-0.05, 0) is 50.6 Å². The Balaban J connectivity index is 1.38. The van der Waals surface area contributed by atoms with E-state index in [1.54, 1.807) is 20.3 Å². The maximum Gasteiger partial charge on any atom is 0.258 e. The minimum absolute atomic E-state index is 0.403. The number of aromatic nitrogens is 3. The maximum atomic E-state index is 6.55. The molecule has 1 aliphatic heterocycles. The number of hydrogen-bond acceptors (Lipinski definition) is 8. The molecule has 180 valence electrons. The molecule has 1 aromatic carbocycles. The summed E-state index contributed by atoms with van der Waals surface area (Å²) >= 11 is 6.55. The van der Waals surface area contributed by atoms with E-state index in [1.807, 2.05) is 18.2 Å². The molecule has 0 spiro atoms. The number of ether oxygens (including phenoxy) is 3. The molecule has 0 atom stereocenters. The van der Waals surface area contributed by atoms with Crippen LogP contribution >= 0.6 is 11.6 Å². The summed E-state index contributed by atoms with van der Waals surface area (Å²) in [7, 11) is 3.21. The van der Waals surface area contributed by atoms with Gasteiger partial charge in [0, 0.05) is 35.3 Å². The Bertz CT molecular complexity index is 1140. The zero-order valence-corrected chi connectivity index (χ0v) is 20.3. The molecule has 0 N–H and O–H groups in total. The van der Waals surface area contributed by atoms with Crippen LogP contribution in [0.4, 0.5) is 0 Å². The van der Waals surface area contributed by atoms with Gasteiger partial charge in [-0.25, -0.2) is 4.98 Å². The number of likely N-dealkylation sites (tertiary alicyclic amines) is 1. The highest BCUT2D eigenvalue weighted by molar-refractivity contribution is 6.32. The first kappa shape index (κ1) is 22.9. The number of rotatable bonds is 9. The van der Waals surface area contributed by atoms with Crippen LogP contribution in [0.25, 0.3) is 22.8 Å². The number of nitrogens with zero attached hydrogens (tertiary/aromatic N) is 4. The summed E-state index contributed by atoms with van der Waals surface area (Å²) in [5, 5.41) is 4.63. The summed E-state index contributed by atoms with van der Waals surface area (Å²) in [6, 6.07) is 7.43. The summed E-state index contributed by atoms with van der Waals surface area (Å²) < 4.78 is 22.5. The molecule has 5 rings (SSSR count). The monoisotopic (exact) mass is 484 g/mol. The molecule has 9 heteroatoms. The summed E-state index contributed by atoms with van der Waals surface area (Å²) in [5.41, 5.74) is 2.48. The fourth-order valence-electron chi connectivity index (χ4n) is 4.51. The maximum absolute atomic E-state index is 6.55. The van der Waals surface area contributed by atoms with Crippen molar-refractivity contribution in [2.75, 3.05) is 40.5 Å². The van der Waals surface area contributed by atoms with Crippen molar-refractivity contribution in [2.24, 2.45) is 0 Å². The van der Waals surface area contributed by atoms with Gasteiger partial charge >= 0.3 is 0 Å². The van der Waals surface area contributed by atoms with E-state index < -0.39 is 0 Å². The van der Waals surface area contributed by atoms with Gasteiger partial charge in [-0.1, -0.05) is 29.6 Å². The molecule has 1 saturated carbocycles. The molecular formula is C25H29ClN4O4. The van der Waals surface area contributed by atoms with Crippen molar-refractivity contribution in [1.29, 1.82) is 0 Å². The van der Waals surface area contributed by atoms with Crippen LogP contribution in [0.2, 0.25) is 5.02 Å². The van der Waals surface area contributed by atoms with Crippen LogP contribution in [0.15, 0.2) is 28.8 Å². The van der Waals surface area contributed by atoms with Crippen molar-refractivity contribution in [3.05, 3.63) is 35.0 Å². The van der Waals surface area contributed by atoms with Gasteiger partial charge in [0.1, 0.15) is 6.61 Å². The lowest BCUT2D eigenvalue weighted by atomic mass is 10.0. The summed E-state index contributed by atoms with van der Waals surface area (Å²) in [6.07, 6.45) is 5.98. The zero-order chi connectivity index (χ0) is 23.5. The fraction of sp³-hybridized carbons (Fsp3) is 0.480. The molecule has 2 aliphatic rings. The molecule has 2 aromatic heterocycles. The zero-order valence-electron chi connectivity index (χ0n) is 19.6. The lowest BCUT2D eigenvalue weighted by Gasteiger charge is -2.30. The number of hydrogen-bond donors (Lipinski definition) is 0. The molecular weight excluding hydrogens is 456 g/mol. The highest BCUT2D eigenvalue weighted by atomic mass is 35.5. The van der Waals surface area contributed by atoms with E-state index in [4.69, 9.17) is 30.3 Å². The molecule has 3 aromatic rings. The average molecular weight is 485 g/mol. The van der Waals surface area contributed by atoms with Crippen molar-refractivity contribution in [1.82, 2.24) is 20.0 Å². The van der Waals surface area contributed by atoms with Crippen molar-refractivity contribution in [2.45, 2.75) is 38.0 Å². The third-order valence-corrected chi connectivity index (χ3v) is 6.85. The normalized spacial score (nSPS) is 16.4. The van der Waals surface area contributed by atoms with Crippen LogP contribution in [0.1, 0.15) is 43.7 Å². The molecule has 1 aliphatic carbocycles. The Labute approximate surface area is 204 Å². The summed E-state index contributed by atoms with van der Waals surface area (Å²) in [4.78, 5) is 11.6. The van der Waals surface area contributed by atoms with E-state index in [2.05, 4.69) is 20.0 Å². The smallest absolute Gasteiger partial charge is 0.258 e. The number of benzene rings is 1. The summed E-state index contributed by atoms with van der Waals surface area (Å²) in [5.74, 6) is 2.86. The Hall–Kier alpha value is -2.84. The van der Waals surface area contributed by atoms with Gasteiger partial charge in [0.25, 0.3) is 5.89 Å². The van der Waals surface area contributed by atoms with E-state index >= 15 is 0 Å². The van der Waals surface area contributed by atoms with Gasteiger partial charge in [0.2, 0.25) is 11.7 Å². The van der Waals surface area contributed by atoms with Crippen LogP contribution in [-0.2, 0) is 0 Å². The second kappa shape index (κ2) is 10.2. The Morgan fingerprint density at radius 1 is 1.00 bits per heavy atom. The molecule has 0 radical (unpaired) electrons. The third-order valence-electron chi connectivity index (χ3n) is 6.57. The van der Waals surface area contributed by atoms with E-state index in [0.717, 1.165) is 43.7 Å². The first-order valence-corrected chi connectivity index (χ1v) is 12.2. The van der Waals surface area contributed by atoms with Gasteiger partial charge in [-0.15, -0.1) is 0 Å². The second-order valence-corrected chi connectivity index (χ2v) is 9.17. The highest BCUT2D eigenvalue weighted by Gasteiger charge is 2.22. The first-order chi connectivity index (χ1) is 16.6. The van der Waals surface area contributed by atoms with Crippen molar-refractivity contribution in [3.63, 3.8) is 0 Å².